The lowest BCUT2D eigenvalue weighted by molar-refractivity contribution is -0.162. The number of fused-ring (bicyclic) bond motifs is 4. The molecule has 0 aromatic rings. The number of esters is 1. The van der Waals surface area contributed by atoms with Crippen LogP contribution >= 0.6 is 0 Å². The summed E-state index contributed by atoms with van der Waals surface area (Å²) in [6, 6.07) is 0. The van der Waals surface area contributed by atoms with Crippen LogP contribution in [0.5, 0.6) is 0 Å². The van der Waals surface area contributed by atoms with Crippen molar-refractivity contribution >= 4 is 5.97 Å². The van der Waals surface area contributed by atoms with Gasteiger partial charge in [-0.25, -0.2) is 0 Å². The predicted octanol–water partition coefficient (Wildman–Crippen LogP) is 5.22. The van der Waals surface area contributed by atoms with Crippen LogP contribution in [0.1, 0.15) is 78.6 Å². The van der Waals surface area contributed by atoms with Crippen molar-refractivity contribution in [1.82, 2.24) is 0 Å². The summed E-state index contributed by atoms with van der Waals surface area (Å²) >= 11 is 0. The molecule has 0 aliphatic heterocycles. The fraction of sp³-hybridized carbons (Fsp3) is 0.958. The average Bonchev–Trinajstić information content (AvgIpc) is 3.17. The van der Waals surface area contributed by atoms with Gasteiger partial charge in [0.05, 0.1) is 12.7 Å². The normalized spacial score (nSPS) is 55.3. The molecule has 5 rings (SSSR count). The van der Waals surface area contributed by atoms with Gasteiger partial charge in [0.2, 0.25) is 0 Å². The van der Waals surface area contributed by atoms with E-state index >= 15 is 0 Å². The summed E-state index contributed by atoms with van der Waals surface area (Å²) in [7, 11) is 1.97. The van der Waals surface area contributed by atoms with Crippen molar-refractivity contribution in [2.45, 2.75) is 84.7 Å². The van der Waals surface area contributed by atoms with Gasteiger partial charge in [-0.2, -0.15) is 0 Å². The van der Waals surface area contributed by atoms with Crippen molar-refractivity contribution in [3.05, 3.63) is 0 Å². The minimum atomic E-state index is 0.0208. The molecule has 152 valence electrons. The Labute approximate surface area is 164 Å². The Balaban J connectivity index is 1.41. The third-order valence-electron chi connectivity index (χ3n) is 10.7. The number of carbonyl (C=O) groups is 1. The largest absolute Gasteiger partial charge is 0.466 e. The first-order valence-electron chi connectivity index (χ1n) is 11.6. The van der Waals surface area contributed by atoms with E-state index in [9.17, 15) is 4.79 Å². The lowest BCUT2D eigenvalue weighted by Gasteiger charge is -2.60. The molecule has 5 saturated carbocycles. The number of methoxy groups -OCH3 is 1. The molecule has 0 N–H and O–H groups in total. The molecule has 27 heavy (non-hydrogen) atoms. The van der Waals surface area contributed by atoms with Crippen molar-refractivity contribution in [3.8, 4) is 0 Å². The molecule has 5 aliphatic carbocycles. The summed E-state index contributed by atoms with van der Waals surface area (Å²) in [5.74, 6) is 3.95. The monoisotopic (exact) mass is 374 g/mol. The Morgan fingerprint density at radius 3 is 2.59 bits per heavy atom. The molecule has 0 saturated heterocycles. The van der Waals surface area contributed by atoms with Gasteiger partial charge < -0.3 is 9.47 Å². The molecule has 0 amide bonds. The summed E-state index contributed by atoms with van der Waals surface area (Å²) < 4.78 is 11.5. The van der Waals surface area contributed by atoms with Crippen LogP contribution in [-0.4, -0.2) is 25.8 Å². The highest BCUT2D eigenvalue weighted by Gasteiger charge is 2.77. The van der Waals surface area contributed by atoms with Crippen molar-refractivity contribution in [3.63, 3.8) is 0 Å². The maximum absolute atomic E-state index is 12.2. The zero-order valence-corrected chi connectivity index (χ0v) is 17.8. The van der Waals surface area contributed by atoms with E-state index in [4.69, 9.17) is 9.47 Å². The molecule has 0 heterocycles. The van der Waals surface area contributed by atoms with Crippen LogP contribution in [0.4, 0.5) is 0 Å². The molecule has 5 fully saturated rings. The minimum Gasteiger partial charge on any atom is -0.466 e. The van der Waals surface area contributed by atoms with E-state index in [0.717, 1.165) is 23.7 Å². The lowest BCUT2D eigenvalue weighted by Crippen LogP contribution is -2.56. The molecule has 5 aliphatic rings. The molecule has 9 atom stereocenters. The molecule has 3 heteroatoms. The highest BCUT2D eigenvalue weighted by atomic mass is 16.5. The van der Waals surface area contributed by atoms with Crippen LogP contribution in [0.25, 0.3) is 0 Å². The van der Waals surface area contributed by atoms with E-state index in [-0.39, 0.29) is 5.97 Å². The lowest BCUT2D eigenvalue weighted by atomic mass is 9.45. The first kappa shape index (κ1) is 18.5. The summed E-state index contributed by atoms with van der Waals surface area (Å²) in [6.45, 7) is 7.57. The molecule has 0 aromatic heterocycles. The number of rotatable bonds is 4. The summed E-state index contributed by atoms with van der Waals surface area (Å²) in [4.78, 5) is 12.2. The van der Waals surface area contributed by atoms with Gasteiger partial charge in [0.15, 0.2) is 0 Å². The second-order valence-corrected chi connectivity index (χ2v) is 11.1. The van der Waals surface area contributed by atoms with Gasteiger partial charge >= 0.3 is 5.97 Å². The second kappa shape index (κ2) is 5.97. The Morgan fingerprint density at radius 1 is 1.07 bits per heavy atom. The van der Waals surface area contributed by atoms with E-state index < -0.39 is 0 Å². The van der Waals surface area contributed by atoms with Gasteiger partial charge in [0.25, 0.3) is 0 Å². The van der Waals surface area contributed by atoms with E-state index in [0.29, 0.717) is 41.3 Å². The zero-order valence-electron chi connectivity index (χ0n) is 17.8. The standard InChI is InChI=1S/C24H38O3/c1-5-27-21(25)12-15-6-7-18-17-13-20(26-4)24-14-16(24)8-11-23(24,3)19(17)9-10-22(15,18)2/h15-20H,5-14H2,1-4H3/t15-,16-,17+,18+,19+,20-,22-,23-,24+/m1/s1. The average molecular weight is 375 g/mol. The van der Waals surface area contributed by atoms with Gasteiger partial charge in [-0.1, -0.05) is 13.8 Å². The highest BCUT2D eigenvalue weighted by molar-refractivity contribution is 5.69. The Bertz CT molecular complexity index is 631. The number of hydrogen-bond acceptors (Lipinski definition) is 3. The SMILES string of the molecule is CCOC(=O)C[C@H]1CC[C@H]2[C@@H]3C[C@@H](OC)[C@]45C[C@H]4CC[C@]5(C)[C@H]3CC[C@]12C. The molecule has 0 unspecified atom stereocenters. The third kappa shape index (κ3) is 2.21. The number of ether oxygens (including phenoxy) is 2. The van der Waals surface area contributed by atoms with Crippen LogP contribution in [0.3, 0.4) is 0 Å². The summed E-state index contributed by atoms with van der Waals surface area (Å²) in [5, 5.41) is 0. The molecule has 0 bridgehead atoms. The van der Waals surface area contributed by atoms with Gasteiger partial charge in [-0.3, -0.25) is 4.79 Å². The first-order chi connectivity index (χ1) is 12.9. The number of hydrogen-bond donors (Lipinski definition) is 0. The highest BCUT2D eigenvalue weighted by Crippen LogP contribution is 2.82. The van der Waals surface area contributed by atoms with Gasteiger partial charge in [-0.05, 0) is 98.7 Å². The minimum absolute atomic E-state index is 0.0208. The van der Waals surface area contributed by atoms with E-state index in [1.54, 1.807) is 0 Å². The van der Waals surface area contributed by atoms with Crippen molar-refractivity contribution in [1.29, 1.82) is 0 Å². The van der Waals surface area contributed by atoms with Crippen LogP contribution < -0.4 is 0 Å². The maximum atomic E-state index is 12.2. The number of carbonyl (C=O) groups excluding carboxylic acids is 1. The summed E-state index contributed by atoms with van der Waals surface area (Å²) in [5.41, 5.74) is 1.34. The molecule has 3 nitrogen and oxygen atoms in total. The fourth-order valence-corrected chi connectivity index (χ4v) is 9.44. The van der Waals surface area contributed by atoms with E-state index in [1.807, 2.05) is 14.0 Å². The molecule has 0 aromatic carbocycles. The predicted molar refractivity (Wildman–Crippen MR) is 105 cm³/mol. The Hall–Kier alpha value is -0.570. The quantitative estimate of drug-likeness (QED) is 0.633. The van der Waals surface area contributed by atoms with Gasteiger partial charge in [-0.15, -0.1) is 0 Å². The van der Waals surface area contributed by atoms with E-state index in [1.165, 1.54) is 51.4 Å². The van der Waals surface area contributed by atoms with E-state index in [2.05, 4.69) is 13.8 Å². The molecule has 1 spiro atoms. The van der Waals surface area contributed by atoms with Crippen molar-refractivity contribution in [2.75, 3.05) is 13.7 Å². The molecular formula is C24H38O3. The fourth-order valence-electron chi connectivity index (χ4n) is 9.44. The Kier molecular flexibility index (Phi) is 4.08. The Morgan fingerprint density at radius 2 is 1.89 bits per heavy atom. The maximum Gasteiger partial charge on any atom is 0.306 e. The van der Waals surface area contributed by atoms with Gasteiger partial charge in [0, 0.05) is 18.9 Å². The van der Waals surface area contributed by atoms with Gasteiger partial charge in [0.1, 0.15) is 0 Å². The van der Waals surface area contributed by atoms with Crippen LogP contribution in [0, 0.1) is 45.8 Å². The first-order valence-corrected chi connectivity index (χ1v) is 11.6. The van der Waals surface area contributed by atoms with Crippen LogP contribution in [-0.2, 0) is 14.3 Å². The summed E-state index contributed by atoms with van der Waals surface area (Å²) in [6.07, 6.45) is 11.9. The van der Waals surface area contributed by atoms with Crippen LogP contribution in [0.2, 0.25) is 0 Å². The zero-order chi connectivity index (χ0) is 19.0. The van der Waals surface area contributed by atoms with Crippen molar-refractivity contribution in [2.24, 2.45) is 45.8 Å². The third-order valence-corrected chi connectivity index (χ3v) is 10.7. The topological polar surface area (TPSA) is 35.5 Å². The van der Waals surface area contributed by atoms with Crippen molar-refractivity contribution < 1.29 is 14.3 Å². The van der Waals surface area contributed by atoms with Crippen LogP contribution in [0.15, 0.2) is 0 Å². The smallest absolute Gasteiger partial charge is 0.306 e. The molecule has 0 radical (unpaired) electrons. The molecular weight excluding hydrogens is 336 g/mol. The second-order valence-electron chi connectivity index (χ2n) is 11.1.